The van der Waals surface area contributed by atoms with Crippen LogP contribution in [0.4, 0.5) is 0 Å². The second kappa shape index (κ2) is 6.40. The number of aliphatic hydroxyl groups is 1. The number of carbonyl (C=O) groups is 1. The topological polar surface area (TPSA) is 46.5 Å². The Hall–Kier alpha value is -1.19. The Balaban J connectivity index is 2.34. The van der Waals surface area contributed by atoms with E-state index in [1.165, 1.54) is 0 Å². The van der Waals surface area contributed by atoms with Crippen molar-refractivity contribution < 1.29 is 14.6 Å². The molecule has 88 valence electrons. The quantitative estimate of drug-likeness (QED) is 0.800. The van der Waals surface area contributed by atoms with Gasteiger partial charge in [-0.05, 0) is 11.1 Å². The first kappa shape index (κ1) is 12.9. The Bertz CT molecular complexity index is 328. The molecule has 0 heterocycles. The lowest BCUT2D eigenvalue weighted by Gasteiger charge is -2.06. The van der Waals surface area contributed by atoms with Gasteiger partial charge in [0.1, 0.15) is 6.61 Å². The molecule has 0 aliphatic carbocycles. The Morgan fingerprint density at radius 1 is 1.25 bits per heavy atom. The van der Waals surface area contributed by atoms with Crippen molar-refractivity contribution in [1.82, 2.24) is 0 Å². The van der Waals surface area contributed by atoms with Crippen LogP contribution in [0, 0.1) is 5.92 Å². The summed E-state index contributed by atoms with van der Waals surface area (Å²) < 4.78 is 5.30. The SMILES string of the molecule is CC(C)C(=O)COCc1ccc(CO)cc1. The summed E-state index contributed by atoms with van der Waals surface area (Å²) in [6.07, 6.45) is 0. The van der Waals surface area contributed by atoms with Crippen molar-refractivity contribution in [1.29, 1.82) is 0 Å². The van der Waals surface area contributed by atoms with Crippen molar-refractivity contribution in [2.75, 3.05) is 6.61 Å². The van der Waals surface area contributed by atoms with Crippen LogP contribution in [0.3, 0.4) is 0 Å². The fraction of sp³-hybridized carbons (Fsp3) is 0.462. The first-order chi connectivity index (χ1) is 7.63. The monoisotopic (exact) mass is 222 g/mol. The summed E-state index contributed by atoms with van der Waals surface area (Å²) in [5.74, 6) is 0.142. The number of carbonyl (C=O) groups excluding carboxylic acids is 1. The molecule has 0 spiro atoms. The molecule has 0 aliphatic rings. The van der Waals surface area contributed by atoms with Gasteiger partial charge in [0.25, 0.3) is 0 Å². The van der Waals surface area contributed by atoms with E-state index in [0.29, 0.717) is 6.61 Å². The van der Waals surface area contributed by atoms with Crippen LogP contribution < -0.4 is 0 Å². The first-order valence-corrected chi connectivity index (χ1v) is 5.42. The van der Waals surface area contributed by atoms with Crippen molar-refractivity contribution in [3.63, 3.8) is 0 Å². The fourth-order valence-corrected chi connectivity index (χ4v) is 1.18. The van der Waals surface area contributed by atoms with Crippen molar-refractivity contribution >= 4 is 5.78 Å². The standard InChI is InChI=1S/C13H18O3/c1-10(2)13(15)9-16-8-12-5-3-11(7-14)4-6-12/h3-6,10,14H,7-9H2,1-2H3. The van der Waals surface area contributed by atoms with Crippen LogP contribution in [-0.2, 0) is 22.7 Å². The molecule has 0 unspecified atom stereocenters. The highest BCUT2D eigenvalue weighted by molar-refractivity contribution is 5.81. The van der Waals surface area contributed by atoms with Crippen LogP contribution in [-0.4, -0.2) is 17.5 Å². The molecule has 0 saturated heterocycles. The highest BCUT2D eigenvalue weighted by Gasteiger charge is 2.06. The van der Waals surface area contributed by atoms with Crippen LogP contribution in [0.15, 0.2) is 24.3 Å². The van der Waals surface area contributed by atoms with Gasteiger partial charge in [-0.3, -0.25) is 4.79 Å². The first-order valence-electron chi connectivity index (χ1n) is 5.42. The lowest BCUT2D eigenvalue weighted by molar-refractivity contribution is -0.126. The van der Waals surface area contributed by atoms with E-state index in [2.05, 4.69) is 0 Å². The minimum absolute atomic E-state index is 0.0248. The molecule has 0 radical (unpaired) electrons. The van der Waals surface area contributed by atoms with Crippen molar-refractivity contribution in [3.05, 3.63) is 35.4 Å². The number of aliphatic hydroxyl groups excluding tert-OH is 1. The van der Waals surface area contributed by atoms with Gasteiger partial charge < -0.3 is 9.84 Å². The molecule has 1 aromatic carbocycles. The van der Waals surface area contributed by atoms with Crippen LogP contribution in [0.5, 0.6) is 0 Å². The Morgan fingerprint density at radius 2 is 1.81 bits per heavy atom. The summed E-state index contributed by atoms with van der Waals surface area (Å²) in [6, 6.07) is 7.49. The lowest BCUT2D eigenvalue weighted by atomic mass is 10.1. The Kier molecular flexibility index (Phi) is 5.15. The second-order valence-corrected chi connectivity index (χ2v) is 4.09. The van der Waals surface area contributed by atoms with E-state index in [4.69, 9.17) is 9.84 Å². The van der Waals surface area contributed by atoms with Gasteiger partial charge in [-0.25, -0.2) is 0 Å². The van der Waals surface area contributed by atoms with E-state index < -0.39 is 0 Å². The van der Waals surface area contributed by atoms with Gasteiger partial charge in [0, 0.05) is 5.92 Å². The maximum absolute atomic E-state index is 11.3. The summed E-state index contributed by atoms with van der Waals surface area (Å²) in [4.78, 5) is 11.3. The predicted molar refractivity (Wildman–Crippen MR) is 61.9 cm³/mol. The molecule has 0 amide bonds. The number of hydrogen-bond acceptors (Lipinski definition) is 3. The van der Waals surface area contributed by atoms with Crippen molar-refractivity contribution in [2.45, 2.75) is 27.1 Å². The molecule has 0 saturated carbocycles. The molecule has 0 aliphatic heterocycles. The zero-order valence-corrected chi connectivity index (χ0v) is 9.77. The molecule has 0 atom stereocenters. The lowest BCUT2D eigenvalue weighted by Crippen LogP contribution is -2.14. The number of benzene rings is 1. The Labute approximate surface area is 96.1 Å². The highest BCUT2D eigenvalue weighted by atomic mass is 16.5. The smallest absolute Gasteiger partial charge is 0.160 e. The van der Waals surface area contributed by atoms with Gasteiger partial charge in [0.05, 0.1) is 13.2 Å². The molecule has 1 rings (SSSR count). The van der Waals surface area contributed by atoms with E-state index in [1.54, 1.807) is 0 Å². The van der Waals surface area contributed by atoms with Crippen molar-refractivity contribution in [3.8, 4) is 0 Å². The Morgan fingerprint density at radius 3 is 2.31 bits per heavy atom. The minimum Gasteiger partial charge on any atom is -0.392 e. The molecular formula is C13H18O3. The third-order valence-corrected chi connectivity index (χ3v) is 2.36. The summed E-state index contributed by atoms with van der Waals surface area (Å²) in [7, 11) is 0. The van der Waals surface area contributed by atoms with E-state index in [1.807, 2.05) is 38.1 Å². The molecule has 3 nitrogen and oxygen atoms in total. The molecule has 16 heavy (non-hydrogen) atoms. The van der Waals surface area contributed by atoms with Crippen LogP contribution in [0.25, 0.3) is 0 Å². The van der Waals surface area contributed by atoms with E-state index in [-0.39, 0.29) is 24.9 Å². The maximum Gasteiger partial charge on any atom is 0.160 e. The third kappa shape index (κ3) is 4.13. The van der Waals surface area contributed by atoms with E-state index in [0.717, 1.165) is 11.1 Å². The summed E-state index contributed by atoms with van der Waals surface area (Å²) in [6.45, 7) is 4.38. The van der Waals surface area contributed by atoms with Crippen LogP contribution in [0.2, 0.25) is 0 Å². The molecular weight excluding hydrogens is 204 g/mol. The summed E-state index contributed by atoms with van der Waals surface area (Å²) in [5, 5.41) is 8.86. The number of hydrogen-bond donors (Lipinski definition) is 1. The van der Waals surface area contributed by atoms with E-state index >= 15 is 0 Å². The predicted octanol–water partition coefficient (Wildman–Crippen LogP) is 1.92. The zero-order valence-electron chi connectivity index (χ0n) is 9.77. The maximum atomic E-state index is 11.3. The highest BCUT2D eigenvalue weighted by Crippen LogP contribution is 2.06. The number of ether oxygens (including phenoxy) is 1. The second-order valence-electron chi connectivity index (χ2n) is 4.09. The van der Waals surface area contributed by atoms with Gasteiger partial charge in [-0.15, -0.1) is 0 Å². The normalized spacial score (nSPS) is 10.8. The van der Waals surface area contributed by atoms with E-state index in [9.17, 15) is 4.79 Å². The minimum atomic E-state index is 0.0248. The fourth-order valence-electron chi connectivity index (χ4n) is 1.18. The molecule has 0 aromatic heterocycles. The van der Waals surface area contributed by atoms with Crippen LogP contribution in [0.1, 0.15) is 25.0 Å². The average Bonchev–Trinajstić information content (AvgIpc) is 2.29. The van der Waals surface area contributed by atoms with Gasteiger partial charge in [-0.1, -0.05) is 38.1 Å². The van der Waals surface area contributed by atoms with Gasteiger partial charge >= 0.3 is 0 Å². The molecule has 1 N–H and O–H groups in total. The largest absolute Gasteiger partial charge is 0.392 e. The third-order valence-electron chi connectivity index (χ3n) is 2.36. The summed E-state index contributed by atoms with van der Waals surface area (Å²) >= 11 is 0. The zero-order chi connectivity index (χ0) is 12.0. The van der Waals surface area contributed by atoms with Gasteiger partial charge in [0.2, 0.25) is 0 Å². The van der Waals surface area contributed by atoms with Gasteiger partial charge in [-0.2, -0.15) is 0 Å². The average molecular weight is 222 g/mol. The molecule has 0 fully saturated rings. The molecule has 0 bridgehead atoms. The van der Waals surface area contributed by atoms with Crippen LogP contribution >= 0.6 is 0 Å². The number of ketones is 1. The number of rotatable bonds is 6. The van der Waals surface area contributed by atoms with Gasteiger partial charge in [0.15, 0.2) is 5.78 Å². The molecule has 1 aromatic rings. The summed E-state index contributed by atoms with van der Waals surface area (Å²) in [5.41, 5.74) is 1.88. The molecule has 3 heteroatoms. The number of Topliss-reactive ketones (excluding diaryl/α,β-unsaturated/α-hetero) is 1. The van der Waals surface area contributed by atoms with Crippen molar-refractivity contribution in [2.24, 2.45) is 5.92 Å².